The first-order chi connectivity index (χ1) is 9.11. The molecule has 0 saturated carbocycles. The summed E-state index contributed by atoms with van der Waals surface area (Å²) < 4.78 is 23.5. The molecule has 0 spiro atoms. The van der Waals surface area contributed by atoms with Crippen molar-refractivity contribution in [2.75, 3.05) is 12.8 Å². The smallest absolute Gasteiger partial charge is 0.343 e. The van der Waals surface area contributed by atoms with Crippen LogP contribution in [0.3, 0.4) is 0 Å². The topological polar surface area (TPSA) is 74.4 Å². The van der Waals surface area contributed by atoms with Crippen molar-refractivity contribution in [2.24, 2.45) is 0 Å². The highest BCUT2D eigenvalue weighted by molar-refractivity contribution is 5.91. The van der Waals surface area contributed by atoms with Crippen molar-refractivity contribution in [1.82, 2.24) is 4.98 Å². The number of hydrogen-bond donors (Lipinski definition) is 1. The van der Waals surface area contributed by atoms with Crippen molar-refractivity contribution in [3.63, 3.8) is 0 Å². The highest BCUT2D eigenvalue weighted by Crippen LogP contribution is 2.27. The number of anilines is 1. The third-order valence-corrected chi connectivity index (χ3v) is 2.34. The number of carbonyl (C=O) groups excluding carboxylic acids is 1. The zero-order chi connectivity index (χ0) is 13.8. The first-order valence-corrected chi connectivity index (χ1v) is 5.38. The Kier molecular flexibility index (Phi) is 3.61. The number of hydrogen-bond acceptors (Lipinski definition) is 5. The molecule has 0 atom stereocenters. The van der Waals surface area contributed by atoms with Crippen LogP contribution in [0, 0.1) is 5.82 Å². The minimum Gasteiger partial charge on any atom is -0.465 e. The van der Waals surface area contributed by atoms with Gasteiger partial charge in [0.25, 0.3) is 0 Å². The molecule has 0 amide bonds. The molecule has 2 N–H and O–H groups in total. The van der Waals surface area contributed by atoms with Crippen LogP contribution in [0.15, 0.2) is 36.5 Å². The summed E-state index contributed by atoms with van der Waals surface area (Å²) in [4.78, 5) is 15.4. The summed E-state index contributed by atoms with van der Waals surface area (Å²) in [6.07, 6.45) is 1.43. The molecular formula is C13H11FN2O3. The van der Waals surface area contributed by atoms with Crippen molar-refractivity contribution in [3.05, 3.63) is 47.9 Å². The molecule has 0 fully saturated rings. The lowest BCUT2D eigenvalue weighted by Crippen LogP contribution is -2.05. The number of nitrogens with zero attached hydrogens (tertiary/aromatic N) is 1. The van der Waals surface area contributed by atoms with Crippen molar-refractivity contribution in [1.29, 1.82) is 0 Å². The quantitative estimate of drug-likeness (QED) is 0.679. The molecule has 1 heterocycles. The molecule has 0 unspecified atom stereocenters. The van der Waals surface area contributed by atoms with Crippen LogP contribution in [0.2, 0.25) is 0 Å². The second-order valence-corrected chi connectivity index (χ2v) is 3.64. The van der Waals surface area contributed by atoms with Gasteiger partial charge < -0.3 is 15.2 Å². The maximum absolute atomic E-state index is 13.6. The van der Waals surface area contributed by atoms with Crippen LogP contribution in [0.5, 0.6) is 11.6 Å². The Balaban J connectivity index is 2.35. The van der Waals surface area contributed by atoms with E-state index < -0.39 is 11.8 Å². The maximum Gasteiger partial charge on any atom is 0.343 e. The number of halogens is 1. The number of pyridine rings is 1. The number of carbonyl (C=O) groups is 1. The lowest BCUT2D eigenvalue weighted by Gasteiger charge is -2.09. The number of aromatic nitrogens is 1. The third-order valence-electron chi connectivity index (χ3n) is 2.34. The first kappa shape index (κ1) is 12.8. The number of benzene rings is 1. The van der Waals surface area contributed by atoms with Gasteiger partial charge in [-0.1, -0.05) is 0 Å². The van der Waals surface area contributed by atoms with E-state index in [1.54, 1.807) is 6.07 Å². The van der Waals surface area contributed by atoms with Gasteiger partial charge in [0.1, 0.15) is 5.56 Å². The van der Waals surface area contributed by atoms with Crippen LogP contribution in [-0.2, 0) is 4.74 Å². The van der Waals surface area contributed by atoms with E-state index in [1.807, 2.05) is 0 Å². The number of nitrogen functional groups attached to an aromatic ring is 1. The van der Waals surface area contributed by atoms with Gasteiger partial charge in [0.2, 0.25) is 5.88 Å². The number of methoxy groups -OCH3 is 1. The van der Waals surface area contributed by atoms with E-state index in [-0.39, 0.29) is 22.9 Å². The molecule has 19 heavy (non-hydrogen) atoms. The molecule has 98 valence electrons. The van der Waals surface area contributed by atoms with Crippen LogP contribution < -0.4 is 10.5 Å². The van der Waals surface area contributed by atoms with Crippen LogP contribution >= 0.6 is 0 Å². The average Bonchev–Trinajstić information content (AvgIpc) is 2.41. The molecule has 6 heteroatoms. The fourth-order valence-corrected chi connectivity index (χ4v) is 1.44. The Labute approximate surface area is 108 Å². The van der Waals surface area contributed by atoms with E-state index in [9.17, 15) is 9.18 Å². The van der Waals surface area contributed by atoms with Crippen LogP contribution in [0.25, 0.3) is 0 Å². The number of nitrogens with two attached hydrogens (primary N) is 1. The van der Waals surface area contributed by atoms with Gasteiger partial charge in [-0.25, -0.2) is 14.2 Å². The summed E-state index contributed by atoms with van der Waals surface area (Å²) in [7, 11) is 1.24. The summed E-state index contributed by atoms with van der Waals surface area (Å²) in [5, 5.41) is 0. The Morgan fingerprint density at radius 3 is 2.84 bits per heavy atom. The van der Waals surface area contributed by atoms with Gasteiger partial charge in [-0.15, -0.1) is 0 Å². The third kappa shape index (κ3) is 2.79. The first-order valence-electron chi connectivity index (χ1n) is 5.38. The van der Waals surface area contributed by atoms with Crippen molar-refractivity contribution in [2.45, 2.75) is 0 Å². The molecule has 0 aliphatic rings. The lowest BCUT2D eigenvalue weighted by atomic mass is 10.2. The number of ether oxygens (including phenoxy) is 2. The fraction of sp³-hybridized carbons (Fsp3) is 0.0769. The van der Waals surface area contributed by atoms with E-state index in [0.717, 1.165) is 6.07 Å². The second kappa shape index (κ2) is 5.34. The highest BCUT2D eigenvalue weighted by Gasteiger charge is 2.16. The SMILES string of the molecule is COC(=O)c1cccnc1Oc1ccc(N)cc1F. The van der Waals surface area contributed by atoms with Gasteiger partial charge in [-0.05, 0) is 24.3 Å². The van der Waals surface area contributed by atoms with Crippen molar-refractivity contribution in [3.8, 4) is 11.6 Å². The molecule has 0 saturated heterocycles. The minimum atomic E-state index is -0.638. The Morgan fingerprint density at radius 2 is 2.16 bits per heavy atom. The molecule has 2 rings (SSSR count). The van der Waals surface area contributed by atoms with Crippen molar-refractivity contribution >= 4 is 11.7 Å². The van der Waals surface area contributed by atoms with Gasteiger partial charge in [0, 0.05) is 18.0 Å². The molecule has 0 aliphatic heterocycles. The summed E-state index contributed by atoms with van der Waals surface area (Å²) in [5.41, 5.74) is 5.82. The molecule has 1 aromatic carbocycles. The summed E-state index contributed by atoms with van der Waals surface area (Å²) in [5.74, 6) is -1.35. The molecule has 2 aromatic rings. The normalized spacial score (nSPS) is 10.0. The monoisotopic (exact) mass is 262 g/mol. The number of rotatable bonds is 3. The predicted octanol–water partition coefficient (Wildman–Crippen LogP) is 2.38. The van der Waals surface area contributed by atoms with Crippen molar-refractivity contribution < 1.29 is 18.7 Å². The second-order valence-electron chi connectivity index (χ2n) is 3.64. The summed E-state index contributed by atoms with van der Waals surface area (Å²) in [6.45, 7) is 0. The van der Waals surface area contributed by atoms with E-state index in [0.29, 0.717) is 0 Å². The summed E-state index contributed by atoms with van der Waals surface area (Å²) in [6, 6.07) is 7.00. The highest BCUT2D eigenvalue weighted by atomic mass is 19.1. The lowest BCUT2D eigenvalue weighted by molar-refractivity contribution is 0.0597. The van der Waals surface area contributed by atoms with Crippen LogP contribution in [-0.4, -0.2) is 18.1 Å². The molecule has 1 aromatic heterocycles. The van der Waals surface area contributed by atoms with E-state index in [1.165, 1.54) is 31.5 Å². The summed E-state index contributed by atoms with van der Waals surface area (Å²) >= 11 is 0. The Bertz CT molecular complexity index is 617. The van der Waals surface area contributed by atoms with E-state index >= 15 is 0 Å². The van der Waals surface area contributed by atoms with E-state index in [4.69, 9.17) is 10.5 Å². The maximum atomic E-state index is 13.6. The fourth-order valence-electron chi connectivity index (χ4n) is 1.44. The van der Waals surface area contributed by atoms with Gasteiger partial charge in [-0.2, -0.15) is 0 Å². The zero-order valence-electron chi connectivity index (χ0n) is 10.1. The molecule has 0 radical (unpaired) electrons. The molecule has 0 aliphatic carbocycles. The Hall–Kier alpha value is -2.63. The minimum absolute atomic E-state index is 0.0296. The molecular weight excluding hydrogens is 251 g/mol. The van der Waals surface area contributed by atoms with Gasteiger partial charge in [0.05, 0.1) is 7.11 Å². The van der Waals surface area contributed by atoms with Gasteiger partial charge >= 0.3 is 5.97 Å². The largest absolute Gasteiger partial charge is 0.465 e. The van der Waals surface area contributed by atoms with Crippen LogP contribution in [0.4, 0.5) is 10.1 Å². The van der Waals surface area contributed by atoms with Gasteiger partial charge in [-0.3, -0.25) is 0 Å². The van der Waals surface area contributed by atoms with Gasteiger partial charge in [0.15, 0.2) is 11.6 Å². The van der Waals surface area contributed by atoms with Crippen LogP contribution in [0.1, 0.15) is 10.4 Å². The number of esters is 1. The standard InChI is InChI=1S/C13H11FN2O3/c1-18-13(17)9-3-2-6-16-12(9)19-11-5-4-8(15)7-10(11)14/h2-7H,15H2,1H3. The van der Waals surface area contributed by atoms with E-state index in [2.05, 4.69) is 9.72 Å². The average molecular weight is 262 g/mol. The molecule has 0 bridgehead atoms. The zero-order valence-corrected chi connectivity index (χ0v) is 10.1. The molecule has 5 nitrogen and oxygen atoms in total. The Morgan fingerprint density at radius 1 is 1.37 bits per heavy atom. The predicted molar refractivity (Wildman–Crippen MR) is 66.5 cm³/mol.